The molecule has 2 aliphatic heterocycles. The predicted molar refractivity (Wildman–Crippen MR) is 419 cm³/mol. The van der Waals surface area contributed by atoms with Crippen LogP contribution in [0.2, 0.25) is 0 Å². The van der Waals surface area contributed by atoms with Crippen LogP contribution in [0.15, 0.2) is 146 Å². The van der Waals surface area contributed by atoms with Gasteiger partial charge < -0.3 is 65.1 Å². The van der Waals surface area contributed by atoms with Gasteiger partial charge in [-0.2, -0.15) is 0 Å². The number of aliphatic hydroxyl groups is 8. The van der Waals surface area contributed by atoms with Gasteiger partial charge in [0.15, 0.2) is 12.6 Å². The Balaban J connectivity index is 1.63. The number of hydrogen-bond acceptors (Lipinski definition) is 13. The van der Waals surface area contributed by atoms with Crippen LogP contribution in [0.3, 0.4) is 0 Å². The van der Waals surface area contributed by atoms with Gasteiger partial charge in [-0.15, -0.1) is 0 Å². The third-order valence-electron chi connectivity index (χ3n) is 18.8. The van der Waals surface area contributed by atoms with Gasteiger partial charge in [0, 0.05) is 6.42 Å². The third-order valence-corrected chi connectivity index (χ3v) is 18.8. The zero-order valence-electron chi connectivity index (χ0n) is 63.3. The van der Waals surface area contributed by atoms with E-state index < -0.39 is 86.8 Å². The summed E-state index contributed by atoms with van der Waals surface area (Å²) in [5, 5.41) is 87.7. The standard InChI is InChI=1S/C87H147NO13/c1-3-5-7-9-11-13-15-17-19-21-23-25-27-29-31-32-33-34-35-36-37-38-39-40-41-42-43-44-45-47-49-51-53-55-57-59-61-63-65-67-69-71-79(92)88-75(74-98-86-84(97)82(95)85(78(73-90)100-86)101-87-83(96)81(94)80(93)77(72-89)99-87)76(91)70-68-66-64-62-60-58-56-54-52-50-48-46-30-28-26-24-22-20-18-16-14-12-10-8-6-4-2/h5,7,11,13,17,19,23,25,29,31,33-34,36-37,39-40,42-43,45,47,60,62,68,70,75-78,80-87,89-91,93-97H,3-4,6,8-10,12,14-16,18,20-22,24,26-28,30,32,35,38,41,44,46,48-59,61,63-67,69,71-74H2,1-2H3,(H,88,92)/b7-5-,13-11-,19-17-,25-23-,31-29-,34-33-,37-36-,40-39-,43-42-,47-45-,62-60+,70-68+. The summed E-state index contributed by atoms with van der Waals surface area (Å²) in [5.74, 6) is -0.257. The maximum Gasteiger partial charge on any atom is 0.220 e. The molecule has 2 aliphatic rings. The van der Waals surface area contributed by atoms with E-state index in [1.54, 1.807) is 6.08 Å². The van der Waals surface area contributed by atoms with Gasteiger partial charge in [0.2, 0.25) is 5.91 Å². The molecular formula is C87H147NO13. The van der Waals surface area contributed by atoms with Gasteiger partial charge >= 0.3 is 0 Å². The maximum atomic E-state index is 13.4. The van der Waals surface area contributed by atoms with Gasteiger partial charge in [-0.25, -0.2) is 0 Å². The Morgan fingerprint density at radius 3 is 1.09 bits per heavy atom. The van der Waals surface area contributed by atoms with E-state index in [4.69, 9.17) is 18.9 Å². The quantitative estimate of drug-likeness (QED) is 0.0204. The summed E-state index contributed by atoms with van der Waals surface area (Å²) in [6, 6.07) is -0.946. The Bertz CT molecular complexity index is 2260. The van der Waals surface area contributed by atoms with Crippen molar-refractivity contribution in [1.82, 2.24) is 5.32 Å². The Morgan fingerprint density at radius 1 is 0.366 bits per heavy atom. The molecule has 0 aliphatic carbocycles. The molecule has 12 unspecified atom stereocenters. The van der Waals surface area contributed by atoms with Crippen molar-refractivity contribution in [2.75, 3.05) is 19.8 Å². The largest absolute Gasteiger partial charge is 0.394 e. The van der Waals surface area contributed by atoms with Gasteiger partial charge in [-0.3, -0.25) is 4.79 Å². The van der Waals surface area contributed by atoms with Gasteiger partial charge in [-0.1, -0.05) is 333 Å². The van der Waals surface area contributed by atoms with Gasteiger partial charge in [0.25, 0.3) is 0 Å². The monoisotopic (exact) mass is 1410 g/mol. The van der Waals surface area contributed by atoms with E-state index in [1.807, 2.05) is 6.08 Å². The molecular weight excluding hydrogens is 1270 g/mol. The zero-order valence-corrected chi connectivity index (χ0v) is 63.3. The molecule has 0 bridgehead atoms. The number of unbranched alkanes of at least 4 members (excludes halogenated alkanes) is 31. The summed E-state index contributed by atoms with van der Waals surface area (Å²) < 4.78 is 22.9. The summed E-state index contributed by atoms with van der Waals surface area (Å²) in [6.07, 6.45) is 87.8. The second-order valence-corrected chi connectivity index (χ2v) is 27.8. The molecule has 2 heterocycles. The average Bonchev–Trinajstić information content (AvgIpc) is 0.792. The first kappa shape index (κ1) is 93.0. The molecule has 9 N–H and O–H groups in total. The van der Waals surface area contributed by atoms with Crippen LogP contribution in [0, 0.1) is 0 Å². The van der Waals surface area contributed by atoms with E-state index >= 15 is 0 Å². The van der Waals surface area contributed by atoms with Crippen LogP contribution in [-0.2, 0) is 23.7 Å². The summed E-state index contributed by atoms with van der Waals surface area (Å²) in [6.45, 7) is 2.69. The van der Waals surface area contributed by atoms with E-state index in [2.05, 4.69) is 153 Å². The first-order valence-electron chi connectivity index (χ1n) is 40.6. The van der Waals surface area contributed by atoms with E-state index in [0.717, 1.165) is 103 Å². The van der Waals surface area contributed by atoms with E-state index in [9.17, 15) is 45.6 Å². The molecule has 12 atom stereocenters. The average molecular weight is 1420 g/mol. The minimum absolute atomic E-state index is 0.257. The number of carbonyl (C=O) groups excluding carboxylic acids is 1. The van der Waals surface area contributed by atoms with E-state index in [-0.39, 0.29) is 18.9 Å². The van der Waals surface area contributed by atoms with E-state index in [0.29, 0.717) is 12.8 Å². The molecule has 2 rings (SSSR count). The summed E-state index contributed by atoms with van der Waals surface area (Å²) in [5.41, 5.74) is 0. The highest BCUT2D eigenvalue weighted by Crippen LogP contribution is 2.30. The second kappa shape index (κ2) is 68.9. The minimum atomic E-state index is -1.80. The van der Waals surface area contributed by atoms with Crippen LogP contribution in [0.1, 0.15) is 303 Å². The third kappa shape index (κ3) is 51.7. The lowest BCUT2D eigenvalue weighted by molar-refractivity contribution is -0.359. The normalized spacial score (nSPS) is 22.6. The molecule has 14 heteroatoms. The lowest BCUT2D eigenvalue weighted by atomic mass is 9.97. The predicted octanol–water partition coefficient (Wildman–Crippen LogP) is 18.7. The Morgan fingerprint density at radius 2 is 0.693 bits per heavy atom. The Kier molecular flexibility index (Phi) is 63.5. The van der Waals surface area contributed by atoms with E-state index in [1.165, 1.54) is 167 Å². The van der Waals surface area contributed by atoms with Crippen LogP contribution in [0.4, 0.5) is 0 Å². The number of carbonyl (C=O) groups is 1. The van der Waals surface area contributed by atoms with Crippen LogP contribution in [0.5, 0.6) is 0 Å². The Labute approximate surface area is 614 Å². The van der Waals surface area contributed by atoms with Crippen molar-refractivity contribution in [2.45, 2.75) is 376 Å². The van der Waals surface area contributed by atoms with Crippen molar-refractivity contribution in [3.8, 4) is 0 Å². The minimum Gasteiger partial charge on any atom is -0.394 e. The van der Waals surface area contributed by atoms with Gasteiger partial charge in [0.05, 0.1) is 32.0 Å². The highest BCUT2D eigenvalue weighted by molar-refractivity contribution is 5.76. The fourth-order valence-electron chi connectivity index (χ4n) is 12.4. The van der Waals surface area contributed by atoms with Gasteiger partial charge in [0.1, 0.15) is 48.8 Å². The zero-order chi connectivity index (χ0) is 73.0. The second-order valence-electron chi connectivity index (χ2n) is 27.8. The molecule has 0 aromatic rings. The molecule has 0 aromatic heterocycles. The number of aliphatic hydroxyl groups excluding tert-OH is 8. The summed E-state index contributed by atoms with van der Waals surface area (Å²) in [7, 11) is 0. The molecule has 2 saturated heterocycles. The molecule has 0 radical (unpaired) electrons. The van der Waals surface area contributed by atoms with Crippen molar-refractivity contribution in [1.29, 1.82) is 0 Å². The highest BCUT2D eigenvalue weighted by Gasteiger charge is 2.51. The molecule has 0 aromatic carbocycles. The molecule has 14 nitrogen and oxygen atoms in total. The number of amides is 1. The van der Waals surface area contributed by atoms with Gasteiger partial charge in [-0.05, 0) is 109 Å². The number of nitrogens with one attached hydrogen (secondary N) is 1. The Hall–Kier alpha value is -4.13. The summed E-state index contributed by atoms with van der Waals surface area (Å²) in [4.78, 5) is 13.4. The molecule has 0 spiro atoms. The molecule has 578 valence electrons. The van der Waals surface area contributed by atoms with Crippen molar-refractivity contribution >= 4 is 5.91 Å². The number of hydrogen-bond donors (Lipinski definition) is 9. The lowest BCUT2D eigenvalue weighted by Gasteiger charge is -2.46. The summed E-state index contributed by atoms with van der Waals surface area (Å²) >= 11 is 0. The van der Waals surface area contributed by atoms with Crippen molar-refractivity contribution < 1.29 is 64.6 Å². The van der Waals surface area contributed by atoms with Crippen molar-refractivity contribution in [3.63, 3.8) is 0 Å². The van der Waals surface area contributed by atoms with Crippen LogP contribution in [0.25, 0.3) is 0 Å². The number of ether oxygens (including phenoxy) is 4. The first-order chi connectivity index (χ1) is 49.6. The first-order valence-corrected chi connectivity index (χ1v) is 40.6. The molecule has 0 saturated carbocycles. The number of rotatable bonds is 66. The van der Waals surface area contributed by atoms with Crippen molar-refractivity contribution in [3.05, 3.63) is 146 Å². The van der Waals surface area contributed by atoms with Crippen LogP contribution < -0.4 is 5.32 Å². The van der Waals surface area contributed by atoms with Crippen LogP contribution >= 0.6 is 0 Å². The fourth-order valence-corrected chi connectivity index (χ4v) is 12.4. The maximum absolute atomic E-state index is 13.4. The fraction of sp³-hybridized carbons (Fsp3) is 0.713. The topological polar surface area (TPSA) is 228 Å². The molecule has 2 fully saturated rings. The SMILES string of the molecule is CC/C=C\C/C=C\C/C=C\C/C=C\C/C=C\C/C=C\C/C=C\C/C=C\C/C=C\C/C=C\CCCCCCCCCCCCC(=O)NC(COC1OC(CO)C(OC2OC(CO)C(O)C(O)C2O)C(O)C1O)C(O)/C=C/CC/C=C/CCCCCCCCCCCCCCCCCCCCCC. The lowest BCUT2D eigenvalue weighted by Crippen LogP contribution is -2.65. The molecule has 101 heavy (non-hydrogen) atoms. The smallest absolute Gasteiger partial charge is 0.220 e. The number of allylic oxidation sites excluding steroid dienone is 23. The van der Waals surface area contributed by atoms with Crippen LogP contribution in [-0.4, -0.2) is 140 Å². The highest BCUT2D eigenvalue weighted by atomic mass is 16.7. The van der Waals surface area contributed by atoms with Crippen molar-refractivity contribution in [2.24, 2.45) is 0 Å². The molecule has 1 amide bonds.